The number of benzene rings is 3. The number of alkyl halides is 3. The van der Waals surface area contributed by atoms with Crippen LogP contribution in [0.4, 0.5) is 17.6 Å². The number of rotatable bonds is 7. The highest BCUT2D eigenvalue weighted by Gasteiger charge is 2.45. The predicted molar refractivity (Wildman–Crippen MR) is 162 cm³/mol. The molecule has 0 spiro atoms. The van der Waals surface area contributed by atoms with Crippen LogP contribution in [0.25, 0.3) is 6.08 Å². The molecule has 0 aliphatic carbocycles. The minimum atomic E-state index is -5.05. The Balaban J connectivity index is 1.72. The van der Waals surface area contributed by atoms with Crippen molar-refractivity contribution in [3.63, 3.8) is 0 Å². The van der Waals surface area contributed by atoms with Crippen molar-refractivity contribution < 1.29 is 31.8 Å². The lowest BCUT2D eigenvalue weighted by atomic mass is 9.95. The summed E-state index contributed by atoms with van der Waals surface area (Å²) in [6.45, 7) is 1.08. The molecule has 0 amide bonds. The molecule has 228 valence electrons. The van der Waals surface area contributed by atoms with Gasteiger partial charge in [-0.3, -0.25) is 9.36 Å². The average Bonchev–Trinajstić information content (AvgIpc) is 3.27. The first kappa shape index (κ1) is 32.0. The lowest BCUT2D eigenvalue weighted by Crippen LogP contribution is -2.41. The summed E-state index contributed by atoms with van der Waals surface area (Å²) < 4.78 is 69.6. The quantitative estimate of drug-likeness (QED) is 0.150. The number of nitrogens with zero attached hydrogens (tertiary/aromatic N) is 2. The van der Waals surface area contributed by atoms with Gasteiger partial charge in [0, 0.05) is 21.2 Å². The first-order valence-corrected chi connectivity index (χ1v) is 15.2. The molecule has 1 aliphatic heterocycles. The molecule has 6 nitrogen and oxygen atoms in total. The number of aromatic nitrogens is 1. The molecule has 5 rings (SSSR count). The molecule has 1 aliphatic rings. The summed E-state index contributed by atoms with van der Waals surface area (Å²) in [5.74, 6) is -1.53. The smallest absolute Gasteiger partial charge is 0.434 e. The first-order chi connectivity index (χ1) is 20.9. The highest BCUT2D eigenvalue weighted by Crippen LogP contribution is 2.39. The number of hydrogen-bond donors (Lipinski definition) is 0. The molecule has 0 saturated carbocycles. The van der Waals surface area contributed by atoms with Crippen LogP contribution in [0.5, 0.6) is 5.75 Å². The summed E-state index contributed by atoms with van der Waals surface area (Å²) in [5, 5.41) is 0.561. The molecule has 14 heteroatoms. The number of halogens is 7. The Hall–Kier alpha value is -3.45. The molecular weight excluding hydrogens is 711 g/mol. The molecule has 0 N–H and O–H groups in total. The Labute approximate surface area is 269 Å². The number of carbonyl (C=O) groups is 1. The van der Waals surface area contributed by atoms with E-state index in [9.17, 15) is 27.2 Å². The van der Waals surface area contributed by atoms with Gasteiger partial charge in [-0.15, -0.1) is 0 Å². The van der Waals surface area contributed by atoms with E-state index in [1.54, 1.807) is 18.2 Å². The second-order valence-corrected chi connectivity index (χ2v) is 12.0. The average molecular weight is 730 g/mol. The normalized spacial score (nSPS) is 15.2. The van der Waals surface area contributed by atoms with E-state index in [1.165, 1.54) is 55.5 Å². The van der Waals surface area contributed by atoms with Gasteiger partial charge >= 0.3 is 12.1 Å². The predicted octanol–water partition coefficient (Wildman–Crippen LogP) is 7.13. The maximum Gasteiger partial charge on any atom is 0.434 e. The lowest BCUT2D eigenvalue weighted by Gasteiger charge is -2.26. The van der Waals surface area contributed by atoms with Crippen molar-refractivity contribution in [2.24, 2.45) is 4.99 Å². The molecule has 0 fully saturated rings. The summed E-state index contributed by atoms with van der Waals surface area (Å²) in [6, 6.07) is 13.2. The van der Waals surface area contributed by atoms with Crippen LogP contribution in [0.2, 0.25) is 10.0 Å². The topological polar surface area (TPSA) is 69.9 Å². The monoisotopic (exact) mass is 728 g/mol. The van der Waals surface area contributed by atoms with E-state index in [2.05, 4.69) is 20.9 Å². The van der Waals surface area contributed by atoms with E-state index < -0.39 is 40.8 Å². The minimum Gasteiger partial charge on any atom is -0.487 e. The third-order valence-electron chi connectivity index (χ3n) is 6.43. The van der Waals surface area contributed by atoms with Gasteiger partial charge in [0.1, 0.15) is 18.2 Å². The van der Waals surface area contributed by atoms with Crippen LogP contribution in [-0.4, -0.2) is 23.3 Å². The summed E-state index contributed by atoms with van der Waals surface area (Å²) in [5.41, 5.74) is -2.29. The van der Waals surface area contributed by atoms with Gasteiger partial charge < -0.3 is 9.47 Å². The van der Waals surface area contributed by atoms with Gasteiger partial charge in [-0.1, -0.05) is 64.9 Å². The second-order valence-electron chi connectivity index (χ2n) is 9.30. The fraction of sp³-hybridized carbons (Fsp3) is 0.167. The van der Waals surface area contributed by atoms with Gasteiger partial charge in [0.2, 0.25) is 0 Å². The summed E-state index contributed by atoms with van der Waals surface area (Å²) >= 11 is 16.4. The van der Waals surface area contributed by atoms with Crippen LogP contribution < -0.4 is 19.6 Å². The third-order valence-corrected chi connectivity index (χ3v) is 8.48. The Bertz CT molecular complexity index is 1970. The number of carbonyl (C=O) groups excluding carboxylic acids is 1. The maximum atomic E-state index is 14.4. The van der Waals surface area contributed by atoms with Crippen molar-refractivity contribution in [1.82, 2.24) is 4.57 Å². The van der Waals surface area contributed by atoms with Crippen molar-refractivity contribution >= 4 is 62.5 Å². The molecule has 0 bridgehead atoms. The molecule has 2 heterocycles. The zero-order valence-corrected chi connectivity index (χ0v) is 26.3. The molecule has 0 unspecified atom stereocenters. The fourth-order valence-corrected chi connectivity index (χ4v) is 6.61. The molecule has 3 aromatic carbocycles. The van der Waals surface area contributed by atoms with Gasteiger partial charge in [0.15, 0.2) is 10.5 Å². The van der Waals surface area contributed by atoms with Crippen LogP contribution in [0.15, 0.2) is 86.2 Å². The number of fused-ring (bicyclic) bond motifs is 1. The number of esters is 1. The maximum absolute atomic E-state index is 14.4. The van der Waals surface area contributed by atoms with E-state index >= 15 is 0 Å². The fourth-order valence-electron chi connectivity index (χ4n) is 4.55. The highest BCUT2D eigenvalue weighted by molar-refractivity contribution is 9.10. The summed E-state index contributed by atoms with van der Waals surface area (Å²) in [7, 11) is 0. The molecule has 1 aromatic heterocycles. The molecular formula is C30H19BrCl2F4N2O4S. The van der Waals surface area contributed by atoms with Crippen molar-refractivity contribution in [1.29, 1.82) is 0 Å². The van der Waals surface area contributed by atoms with Crippen molar-refractivity contribution in [2.75, 3.05) is 6.61 Å². The first-order valence-electron chi connectivity index (χ1n) is 12.8. The van der Waals surface area contributed by atoms with Gasteiger partial charge in [0.25, 0.3) is 5.56 Å². The standard InChI is InChI=1S/C30H19BrCl2F4N2O4S/c1-2-42-28(41)23-24(15-7-9-18(32)10-8-15)39-27(40)22(44-29(39)38-26(23)30(35,36)37)12-17-11-19(33)13-20(31)25(17)43-14-16-5-3-4-6-21(16)34/h3-13,24H,2,14H2,1H3/b22-12-/t24-/m1/s1. The Morgan fingerprint density at radius 3 is 2.48 bits per heavy atom. The number of thiazole rings is 1. The Morgan fingerprint density at radius 1 is 1.11 bits per heavy atom. The third kappa shape index (κ3) is 6.49. The van der Waals surface area contributed by atoms with Crippen LogP contribution >= 0.6 is 50.5 Å². The summed E-state index contributed by atoms with van der Waals surface area (Å²) in [4.78, 5) is 30.4. The Kier molecular flexibility index (Phi) is 9.36. The van der Waals surface area contributed by atoms with Crippen LogP contribution in [0, 0.1) is 5.82 Å². The zero-order valence-electron chi connectivity index (χ0n) is 22.4. The number of ether oxygens (including phenoxy) is 2. The van der Waals surface area contributed by atoms with E-state index in [4.69, 9.17) is 32.7 Å². The zero-order chi connectivity index (χ0) is 31.8. The minimum absolute atomic E-state index is 0.0285. The van der Waals surface area contributed by atoms with Crippen LogP contribution in [0.3, 0.4) is 0 Å². The Morgan fingerprint density at radius 2 is 1.82 bits per heavy atom. The van der Waals surface area contributed by atoms with Gasteiger partial charge in [-0.05, 0) is 64.8 Å². The molecule has 1 atom stereocenters. The second kappa shape index (κ2) is 12.9. The molecule has 0 radical (unpaired) electrons. The van der Waals surface area contributed by atoms with Crippen LogP contribution in [0.1, 0.15) is 29.7 Å². The summed E-state index contributed by atoms with van der Waals surface area (Å²) in [6.07, 6.45) is -3.66. The molecule has 4 aromatic rings. The van der Waals surface area contributed by atoms with Gasteiger partial charge in [-0.2, -0.15) is 13.2 Å². The van der Waals surface area contributed by atoms with Gasteiger partial charge in [-0.25, -0.2) is 14.2 Å². The SMILES string of the molecule is CCOC(=O)C1=C(C(F)(F)F)N=c2s/c(=C\c3cc(Cl)cc(Br)c3OCc3ccccc3F)c(=O)n2[C@@H]1c1ccc(Cl)cc1. The molecule has 0 saturated heterocycles. The van der Waals surface area contributed by atoms with Crippen molar-refractivity contribution in [3.05, 3.63) is 129 Å². The number of allylic oxidation sites excluding steroid dienone is 1. The van der Waals surface area contributed by atoms with Crippen molar-refractivity contribution in [3.8, 4) is 5.75 Å². The van der Waals surface area contributed by atoms with E-state index in [1.807, 2.05) is 0 Å². The lowest BCUT2D eigenvalue weighted by molar-refractivity contribution is -0.140. The highest BCUT2D eigenvalue weighted by atomic mass is 79.9. The van der Waals surface area contributed by atoms with Crippen LogP contribution in [-0.2, 0) is 16.1 Å². The van der Waals surface area contributed by atoms with E-state index in [0.717, 1.165) is 4.57 Å². The van der Waals surface area contributed by atoms with Crippen molar-refractivity contribution in [2.45, 2.75) is 25.7 Å². The van der Waals surface area contributed by atoms with Gasteiger partial charge in [0.05, 0.1) is 27.2 Å². The van der Waals surface area contributed by atoms with E-state index in [-0.39, 0.29) is 50.0 Å². The number of hydrogen-bond acceptors (Lipinski definition) is 6. The molecule has 44 heavy (non-hydrogen) atoms. The van der Waals surface area contributed by atoms with E-state index in [0.29, 0.717) is 20.8 Å². The largest absolute Gasteiger partial charge is 0.487 e.